The zero-order valence-electron chi connectivity index (χ0n) is 10.6. The number of hydrogen-bond acceptors (Lipinski definition) is 4. The molecule has 5 nitrogen and oxygen atoms in total. The minimum atomic E-state index is -0.0356. The molecule has 1 amide bonds. The summed E-state index contributed by atoms with van der Waals surface area (Å²) in [6.07, 6.45) is 4.80. The van der Waals surface area contributed by atoms with Crippen molar-refractivity contribution >= 4 is 5.91 Å². The van der Waals surface area contributed by atoms with Crippen LogP contribution in [0, 0.1) is 18.8 Å². The molecule has 1 saturated heterocycles. The lowest BCUT2D eigenvalue weighted by Gasteiger charge is -2.29. The number of rotatable bonds is 1. The first-order valence-corrected chi connectivity index (χ1v) is 6.61. The van der Waals surface area contributed by atoms with E-state index in [4.69, 9.17) is 10.2 Å². The highest BCUT2D eigenvalue weighted by Gasteiger charge is 2.41. The Hall–Kier alpha value is -1.36. The lowest BCUT2D eigenvalue weighted by atomic mass is 9.78. The molecule has 0 spiro atoms. The maximum atomic E-state index is 12.3. The van der Waals surface area contributed by atoms with Crippen molar-refractivity contribution in [1.82, 2.24) is 9.88 Å². The van der Waals surface area contributed by atoms with E-state index in [1.165, 1.54) is 19.2 Å². The largest absolute Gasteiger partial charge is 0.438 e. The van der Waals surface area contributed by atoms with E-state index in [1.54, 1.807) is 6.92 Å². The van der Waals surface area contributed by atoms with Gasteiger partial charge in [0.05, 0.1) is 5.69 Å². The molecular formula is C13H19N3O2. The number of likely N-dealkylation sites (tertiary alicyclic amines) is 1. The van der Waals surface area contributed by atoms with Gasteiger partial charge in [0.1, 0.15) is 0 Å². The van der Waals surface area contributed by atoms with Gasteiger partial charge >= 0.3 is 0 Å². The molecule has 0 aromatic carbocycles. The van der Waals surface area contributed by atoms with Crippen LogP contribution in [-0.2, 0) is 0 Å². The molecule has 3 atom stereocenters. The number of aromatic nitrogens is 1. The fourth-order valence-electron chi connectivity index (χ4n) is 3.33. The second kappa shape index (κ2) is 4.39. The van der Waals surface area contributed by atoms with Gasteiger partial charge in [-0.3, -0.25) is 4.79 Å². The van der Waals surface area contributed by atoms with Crippen LogP contribution in [0.15, 0.2) is 10.8 Å². The van der Waals surface area contributed by atoms with Gasteiger partial charge < -0.3 is 15.1 Å². The van der Waals surface area contributed by atoms with Gasteiger partial charge in [-0.15, -0.1) is 0 Å². The van der Waals surface area contributed by atoms with Gasteiger partial charge in [0.2, 0.25) is 5.76 Å². The summed E-state index contributed by atoms with van der Waals surface area (Å²) >= 11 is 0. The summed E-state index contributed by atoms with van der Waals surface area (Å²) in [5.41, 5.74) is 6.82. The van der Waals surface area contributed by atoms with E-state index in [1.807, 2.05) is 4.90 Å². The van der Waals surface area contributed by atoms with Crippen LogP contribution >= 0.6 is 0 Å². The number of hydrogen-bond donors (Lipinski definition) is 1. The Morgan fingerprint density at radius 1 is 1.50 bits per heavy atom. The Kier molecular flexibility index (Phi) is 2.86. The predicted octanol–water partition coefficient (Wildman–Crippen LogP) is 1.18. The van der Waals surface area contributed by atoms with Crippen molar-refractivity contribution in [3.8, 4) is 0 Å². The number of carbonyl (C=O) groups is 1. The summed E-state index contributed by atoms with van der Waals surface area (Å²) in [4.78, 5) is 18.2. The lowest BCUT2D eigenvalue weighted by molar-refractivity contribution is 0.0751. The summed E-state index contributed by atoms with van der Waals surface area (Å²) in [5.74, 6) is 1.38. The van der Waals surface area contributed by atoms with Crippen LogP contribution in [0.3, 0.4) is 0 Å². The summed E-state index contributed by atoms with van der Waals surface area (Å²) in [6.45, 7) is 3.38. The van der Waals surface area contributed by atoms with Crippen molar-refractivity contribution in [1.29, 1.82) is 0 Å². The molecule has 2 fully saturated rings. The molecule has 2 aliphatic rings. The van der Waals surface area contributed by atoms with Gasteiger partial charge in [-0.2, -0.15) is 0 Å². The van der Waals surface area contributed by atoms with Crippen LogP contribution in [0.1, 0.15) is 35.5 Å². The second-order valence-electron chi connectivity index (χ2n) is 5.50. The number of oxazole rings is 1. The quantitative estimate of drug-likeness (QED) is 0.811. The number of fused-ring (bicyclic) bond motifs is 1. The molecule has 3 rings (SSSR count). The third kappa shape index (κ3) is 1.82. The van der Waals surface area contributed by atoms with Crippen LogP contribution in [0.2, 0.25) is 0 Å². The molecule has 3 unspecified atom stereocenters. The van der Waals surface area contributed by atoms with Gasteiger partial charge in [0.25, 0.3) is 5.91 Å². The van der Waals surface area contributed by atoms with Gasteiger partial charge in [0, 0.05) is 19.1 Å². The summed E-state index contributed by atoms with van der Waals surface area (Å²) in [6, 6.07) is 0.248. The van der Waals surface area contributed by atoms with Crippen LogP contribution < -0.4 is 5.73 Å². The number of nitrogens with two attached hydrogens (primary N) is 1. The molecule has 18 heavy (non-hydrogen) atoms. The predicted molar refractivity (Wildman–Crippen MR) is 65.9 cm³/mol. The molecule has 2 heterocycles. The van der Waals surface area contributed by atoms with Crippen LogP contribution in [-0.4, -0.2) is 34.9 Å². The Morgan fingerprint density at radius 2 is 2.33 bits per heavy atom. The van der Waals surface area contributed by atoms with Crippen molar-refractivity contribution < 1.29 is 9.21 Å². The van der Waals surface area contributed by atoms with Gasteiger partial charge in [-0.05, 0) is 31.6 Å². The van der Waals surface area contributed by atoms with Crippen molar-refractivity contribution in [2.75, 3.05) is 13.1 Å². The monoisotopic (exact) mass is 249 g/mol. The Labute approximate surface area is 106 Å². The lowest BCUT2D eigenvalue weighted by Crippen LogP contribution is -2.38. The SMILES string of the molecule is Cc1ncoc1C(=O)N1CC2CCCC(N)C2C1. The Bertz CT molecular complexity index is 457. The van der Waals surface area contributed by atoms with Crippen molar-refractivity contribution in [2.24, 2.45) is 17.6 Å². The molecule has 1 aliphatic heterocycles. The first-order chi connectivity index (χ1) is 8.66. The highest BCUT2D eigenvalue weighted by atomic mass is 16.3. The molecule has 1 aromatic rings. The van der Waals surface area contributed by atoms with Crippen LogP contribution in [0.5, 0.6) is 0 Å². The third-order valence-electron chi connectivity index (χ3n) is 4.38. The topological polar surface area (TPSA) is 72.4 Å². The fraction of sp³-hybridized carbons (Fsp3) is 0.692. The van der Waals surface area contributed by atoms with Crippen molar-refractivity contribution in [3.05, 3.63) is 17.8 Å². The minimum absolute atomic E-state index is 0.0356. The zero-order chi connectivity index (χ0) is 12.7. The molecule has 1 aliphatic carbocycles. The standard InChI is InChI=1S/C13H19N3O2/c1-8-12(18-7-15-8)13(17)16-5-9-3-2-4-11(14)10(9)6-16/h7,9-11H,2-6,14H2,1H3. The highest BCUT2D eigenvalue weighted by molar-refractivity contribution is 5.92. The molecule has 0 bridgehead atoms. The summed E-state index contributed by atoms with van der Waals surface area (Å²) in [7, 11) is 0. The van der Waals surface area contributed by atoms with Crippen molar-refractivity contribution in [2.45, 2.75) is 32.2 Å². The van der Waals surface area contributed by atoms with E-state index >= 15 is 0 Å². The van der Waals surface area contributed by atoms with Gasteiger partial charge in [-0.25, -0.2) is 4.98 Å². The molecule has 2 N–H and O–H groups in total. The molecule has 98 valence electrons. The maximum absolute atomic E-state index is 12.3. The van der Waals surface area contributed by atoms with Crippen molar-refractivity contribution in [3.63, 3.8) is 0 Å². The van der Waals surface area contributed by atoms with E-state index in [0.29, 0.717) is 23.3 Å². The van der Waals surface area contributed by atoms with E-state index in [2.05, 4.69) is 4.98 Å². The second-order valence-corrected chi connectivity index (χ2v) is 5.50. The highest BCUT2D eigenvalue weighted by Crippen LogP contribution is 2.36. The van der Waals surface area contributed by atoms with E-state index in [9.17, 15) is 4.79 Å². The molecular weight excluding hydrogens is 230 g/mol. The average Bonchev–Trinajstić information content (AvgIpc) is 2.95. The first-order valence-electron chi connectivity index (χ1n) is 6.61. The summed E-state index contributed by atoms with van der Waals surface area (Å²) in [5, 5.41) is 0. The third-order valence-corrected chi connectivity index (χ3v) is 4.38. The number of carbonyl (C=O) groups excluding carboxylic acids is 1. The first kappa shape index (κ1) is 11.7. The van der Waals surface area contributed by atoms with E-state index in [0.717, 1.165) is 19.5 Å². The average molecular weight is 249 g/mol. The molecule has 5 heteroatoms. The van der Waals surface area contributed by atoms with Gasteiger partial charge in [-0.1, -0.05) is 6.42 Å². The molecule has 1 aromatic heterocycles. The zero-order valence-corrected chi connectivity index (χ0v) is 10.6. The van der Waals surface area contributed by atoms with E-state index < -0.39 is 0 Å². The number of nitrogens with zero attached hydrogens (tertiary/aromatic N) is 2. The number of amides is 1. The number of aryl methyl sites for hydroxylation is 1. The fourth-order valence-corrected chi connectivity index (χ4v) is 3.33. The van der Waals surface area contributed by atoms with Gasteiger partial charge in [0.15, 0.2) is 6.39 Å². The van der Waals surface area contributed by atoms with Crippen LogP contribution in [0.4, 0.5) is 0 Å². The minimum Gasteiger partial charge on any atom is -0.438 e. The molecule has 0 radical (unpaired) electrons. The normalized spacial score (nSPS) is 31.4. The smallest absolute Gasteiger partial charge is 0.291 e. The summed E-state index contributed by atoms with van der Waals surface area (Å²) < 4.78 is 5.19. The van der Waals surface area contributed by atoms with Crippen LogP contribution in [0.25, 0.3) is 0 Å². The Balaban J connectivity index is 1.75. The Morgan fingerprint density at radius 3 is 3.00 bits per heavy atom. The molecule has 1 saturated carbocycles. The maximum Gasteiger partial charge on any atom is 0.291 e. The van der Waals surface area contributed by atoms with E-state index in [-0.39, 0.29) is 11.9 Å².